The second-order valence-electron chi connectivity index (χ2n) is 4.84. The van der Waals surface area contributed by atoms with Gasteiger partial charge in [-0.15, -0.1) is 0 Å². The molecule has 4 nitrogen and oxygen atoms in total. The average Bonchev–Trinajstić information content (AvgIpc) is 2.50. The Bertz CT molecular complexity index is 558. The highest BCUT2D eigenvalue weighted by molar-refractivity contribution is 5.77. The molecule has 0 bridgehead atoms. The quantitative estimate of drug-likeness (QED) is 0.765. The van der Waals surface area contributed by atoms with Gasteiger partial charge in [0.15, 0.2) is 0 Å². The molecule has 21 heavy (non-hydrogen) atoms. The van der Waals surface area contributed by atoms with Gasteiger partial charge < -0.3 is 4.74 Å². The summed E-state index contributed by atoms with van der Waals surface area (Å²) in [5.41, 5.74) is 1.99. The maximum absolute atomic E-state index is 12.3. The zero-order valence-electron chi connectivity index (χ0n) is 12.4. The molecule has 0 saturated carbocycles. The Morgan fingerprint density at radius 2 is 2.00 bits per heavy atom. The van der Waals surface area contributed by atoms with Crippen LogP contribution in [0.2, 0.25) is 0 Å². The highest BCUT2D eigenvalue weighted by atomic mass is 16.5. The van der Waals surface area contributed by atoms with Crippen LogP contribution in [0.25, 0.3) is 0 Å². The molecule has 0 aliphatic heterocycles. The van der Waals surface area contributed by atoms with Crippen molar-refractivity contribution in [2.75, 3.05) is 13.7 Å². The summed E-state index contributed by atoms with van der Waals surface area (Å²) in [4.78, 5) is 18.4. The van der Waals surface area contributed by atoms with Gasteiger partial charge in [-0.1, -0.05) is 36.4 Å². The van der Waals surface area contributed by atoms with Crippen LogP contribution >= 0.6 is 0 Å². The molecule has 0 aliphatic carbocycles. The number of hydrogen-bond acceptors (Lipinski definition) is 4. The number of pyridine rings is 1. The first-order chi connectivity index (χ1) is 10.2. The van der Waals surface area contributed by atoms with Gasteiger partial charge in [-0.2, -0.15) is 0 Å². The minimum atomic E-state index is -0.411. The van der Waals surface area contributed by atoms with Crippen molar-refractivity contribution in [3.63, 3.8) is 0 Å². The van der Waals surface area contributed by atoms with Crippen molar-refractivity contribution in [3.8, 4) is 0 Å². The number of nitrogens with zero attached hydrogens (tertiary/aromatic N) is 2. The van der Waals surface area contributed by atoms with Crippen LogP contribution in [0.3, 0.4) is 0 Å². The summed E-state index contributed by atoms with van der Waals surface area (Å²) in [7, 11) is 1.92. The maximum Gasteiger partial charge on any atom is 0.327 e. The van der Waals surface area contributed by atoms with Crippen molar-refractivity contribution in [2.24, 2.45) is 0 Å². The van der Waals surface area contributed by atoms with Crippen molar-refractivity contribution >= 4 is 5.97 Å². The molecule has 0 spiro atoms. The third kappa shape index (κ3) is 4.13. The zero-order valence-corrected chi connectivity index (χ0v) is 12.4. The largest absolute Gasteiger partial charge is 0.465 e. The molecule has 1 heterocycles. The number of esters is 1. The Labute approximate surface area is 125 Å². The number of ether oxygens (including phenoxy) is 1. The summed E-state index contributed by atoms with van der Waals surface area (Å²) in [6.45, 7) is 2.83. The van der Waals surface area contributed by atoms with Gasteiger partial charge in [-0.3, -0.25) is 9.88 Å². The van der Waals surface area contributed by atoms with E-state index in [2.05, 4.69) is 4.98 Å². The van der Waals surface area contributed by atoms with Gasteiger partial charge in [-0.05, 0) is 31.2 Å². The van der Waals surface area contributed by atoms with E-state index >= 15 is 0 Å². The fourth-order valence-corrected chi connectivity index (χ4v) is 2.30. The molecule has 0 amide bonds. The monoisotopic (exact) mass is 284 g/mol. The molecule has 1 aromatic heterocycles. The first kappa shape index (κ1) is 15.2. The second-order valence-corrected chi connectivity index (χ2v) is 4.84. The lowest BCUT2D eigenvalue weighted by Crippen LogP contribution is -2.32. The van der Waals surface area contributed by atoms with Crippen LogP contribution in [0.4, 0.5) is 0 Å². The molecule has 0 aliphatic rings. The standard InChI is InChI=1S/C17H20N2O2/c1-3-21-17(20)16(15-9-5-4-6-10-15)19(2)13-14-8-7-11-18-12-14/h4-12,16H,3,13H2,1-2H3. The Morgan fingerprint density at radius 3 is 2.62 bits per heavy atom. The van der Waals surface area contributed by atoms with Crippen LogP contribution in [-0.2, 0) is 16.1 Å². The topological polar surface area (TPSA) is 42.4 Å². The van der Waals surface area contributed by atoms with Gasteiger partial charge in [0.25, 0.3) is 0 Å². The summed E-state index contributed by atoms with van der Waals surface area (Å²) < 4.78 is 5.22. The molecule has 1 atom stereocenters. The van der Waals surface area contributed by atoms with Crippen LogP contribution in [0, 0.1) is 0 Å². The number of rotatable bonds is 6. The van der Waals surface area contributed by atoms with Gasteiger partial charge in [0.2, 0.25) is 0 Å². The first-order valence-electron chi connectivity index (χ1n) is 7.03. The number of benzene rings is 1. The van der Waals surface area contributed by atoms with Crippen LogP contribution < -0.4 is 0 Å². The molecular weight excluding hydrogens is 264 g/mol. The van der Waals surface area contributed by atoms with Crippen molar-refractivity contribution in [1.29, 1.82) is 0 Å². The van der Waals surface area contributed by atoms with Crippen LogP contribution in [0.15, 0.2) is 54.9 Å². The molecule has 0 saturated heterocycles. The summed E-state index contributed by atoms with van der Waals surface area (Å²) >= 11 is 0. The Hall–Kier alpha value is -2.20. The van der Waals surface area contributed by atoms with E-state index in [0.29, 0.717) is 13.2 Å². The third-order valence-corrected chi connectivity index (χ3v) is 3.22. The van der Waals surface area contributed by atoms with E-state index in [1.807, 2.05) is 67.5 Å². The highest BCUT2D eigenvalue weighted by Crippen LogP contribution is 2.22. The van der Waals surface area contributed by atoms with Gasteiger partial charge in [0, 0.05) is 18.9 Å². The molecule has 0 fully saturated rings. The van der Waals surface area contributed by atoms with E-state index in [4.69, 9.17) is 4.74 Å². The summed E-state index contributed by atoms with van der Waals surface area (Å²) in [6.07, 6.45) is 3.55. The van der Waals surface area contributed by atoms with Crippen LogP contribution in [-0.4, -0.2) is 29.5 Å². The van der Waals surface area contributed by atoms with Crippen LogP contribution in [0.5, 0.6) is 0 Å². The lowest BCUT2D eigenvalue weighted by molar-refractivity contribution is -0.149. The average molecular weight is 284 g/mol. The Kier molecular flexibility index (Phi) is 5.46. The number of carbonyl (C=O) groups is 1. The Morgan fingerprint density at radius 1 is 1.24 bits per heavy atom. The molecule has 1 aromatic carbocycles. The number of aromatic nitrogens is 1. The molecule has 0 N–H and O–H groups in total. The van der Waals surface area contributed by atoms with Crippen molar-refractivity contribution in [3.05, 3.63) is 66.0 Å². The van der Waals surface area contributed by atoms with Crippen molar-refractivity contribution < 1.29 is 9.53 Å². The van der Waals surface area contributed by atoms with Crippen molar-refractivity contribution in [2.45, 2.75) is 19.5 Å². The normalized spacial score (nSPS) is 12.1. The van der Waals surface area contributed by atoms with E-state index in [-0.39, 0.29) is 5.97 Å². The number of hydrogen-bond donors (Lipinski definition) is 0. The molecule has 110 valence electrons. The van der Waals surface area contributed by atoms with Crippen molar-refractivity contribution in [1.82, 2.24) is 9.88 Å². The predicted molar refractivity (Wildman–Crippen MR) is 81.5 cm³/mol. The minimum absolute atomic E-state index is 0.227. The van der Waals surface area contributed by atoms with E-state index in [0.717, 1.165) is 11.1 Å². The van der Waals surface area contributed by atoms with Crippen LogP contribution in [0.1, 0.15) is 24.1 Å². The predicted octanol–water partition coefficient (Wildman–Crippen LogP) is 2.82. The molecule has 2 rings (SSSR count). The smallest absolute Gasteiger partial charge is 0.327 e. The number of likely N-dealkylation sites (N-methyl/N-ethyl adjacent to an activating group) is 1. The van der Waals surface area contributed by atoms with Gasteiger partial charge in [0.05, 0.1) is 6.61 Å². The summed E-state index contributed by atoms with van der Waals surface area (Å²) in [5.74, 6) is -0.227. The lowest BCUT2D eigenvalue weighted by atomic mass is 10.1. The van der Waals surface area contributed by atoms with Gasteiger partial charge >= 0.3 is 5.97 Å². The highest BCUT2D eigenvalue weighted by Gasteiger charge is 2.26. The Balaban J connectivity index is 2.20. The fraction of sp³-hybridized carbons (Fsp3) is 0.294. The van der Waals surface area contributed by atoms with E-state index in [1.54, 1.807) is 6.20 Å². The maximum atomic E-state index is 12.3. The minimum Gasteiger partial charge on any atom is -0.465 e. The van der Waals surface area contributed by atoms with E-state index in [9.17, 15) is 4.79 Å². The summed E-state index contributed by atoms with van der Waals surface area (Å²) in [6, 6.07) is 13.2. The third-order valence-electron chi connectivity index (χ3n) is 3.22. The van der Waals surface area contributed by atoms with E-state index < -0.39 is 6.04 Å². The molecule has 0 radical (unpaired) electrons. The number of carbonyl (C=O) groups excluding carboxylic acids is 1. The van der Waals surface area contributed by atoms with Gasteiger partial charge in [0.1, 0.15) is 6.04 Å². The summed E-state index contributed by atoms with van der Waals surface area (Å²) in [5, 5.41) is 0. The molecule has 4 heteroatoms. The molecule has 2 aromatic rings. The molecule has 1 unspecified atom stereocenters. The molecular formula is C17H20N2O2. The first-order valence-corrected chi connectivity index (χ1v) is 7.03. The zero-order chi connectivity index (χ0) is 15.1. The SMILES string of the molecule is CCOC(=O)C(c1ccccc1)N(C)Cc1cccnc1. The second kappa shape index (κ2) is 7.55. The van der Waals surface area contributed by atoms with E-state index in [1.165, 1.54) is 0 Å². The lowest BCUT2D eigenvalue weighted by Gasteiger charge is -2.26. The van der Waals surface area contributed by atoms with Gasteiger partial charge in [-0.25, -0.2) is 4.79 Å². The fourth-order valence-electron chi connectivity index (χ4n) is 2.30.